The summed E-state index contributed by atoms with van der Waals surface area (Å²) >= 11 is 1.45. The summed E-state index contributed by atoms with van der Waals surface area (Å²) in [5.74, 6) is 0.347. The molecule has 150 valence electrons. The van der Waals surface area contributed by atoms with Gasteiger partial charge in [0.25, 0.3) is 0 Å². The number of methoxy groups -OCH3 is 1. The molecule has 7 heteroatoms. The van der Waals surface area contributed by atoms with E-state index in [4.69, 9.17) is 4.74 Å². The van der Waals surface area contributed by atoms with Crippen LogP contribution in [0.15, 0.2) is 30.5 Å². The third-order valence-corrected chi connectivity index (χ3v) is 5.93. The highest BCUT2D eigenvalue weighted by Gasteiger charge is 2.41. The lowest BCUT2D eigenvalue weighted by Crippen LogP contribution is -2.47. The van der Waals surface area contributed by atoms with Gasteiger partial charge >= 0.3 is 0 Å². The number of carbonyl (C=O) groups is 2. The number of benzene rings is 1. The standard InChI is InChI=1S/C21H27N3O3S/c1-4-5-12-24-18(25)11-10-16(20(26)23-21-22-13-14(2)28-21)19(24)15-8-6-7-9-17(15)27-3/h6-9,13,16,19H,4-5,10-12H2,1-3H3,(H,22,23,26). The Morgan fingerprint density at radius 3 is 2.86 bits per heavy atom. The van der Waals surface area contributed by atoms with Crippen LogP contribution in [0.25, 0.3) is 0 Å². The summed E-state index contributed by atoms with van der Waals surface area (Å²) in [6, 6.07) is 7.32. The molecule has 1 aromatic heterocycles. The van der Waals surface area contributed by atoms with Crippen molar-refractivity contribution in [1.29, 1.82) is 0 Å². The van der Waals surface area contributed by atoms with Gasteiger partial charge in [-0.15, -0.1) is 11.3 Å². The maximum atomic E-state index is 13.2. The number of carbonyl (C=O) groups excluding carboxylic acids is 2. The monoisotopic (exact) mass is 401 g/mol. The van der Waals surface area contributed by atoms with Crippen LogP contribution in [0.2, 0.25) is 0 Å². The second kappa shape index (κ2) is 9.19. The second-order valence-electron chi connectivity index (χ2n) is 7.04. The van der Waals surface area contributed by atoms with E-state index in [-0.39, 0.29) is 23.8 Å². The normalized spacial score (nSPS) is 19.5. The van der Waals surface area contributed by atoms with Crippen LogP contribution >= 0.6 is 11.3 Å². The number of ether oxygens (including phenoxy) is 1. The highest BCUT2D eigenvalue weighted by molar-refractivity contribution is 7.15. The largest absolute Gasteiger partial charge is 0.496 e. The van der Waals surface area contributed by atoms with Gasteiger partial charge < -0.3 is 15.0 Å². The second-order valence-corrected chi connectivity index (χ2v) is 8.27. The molecule has 1 aliphatic heterocycles. The van der Waals surface area contributed by atoms with E-state index in [1.165, 1.54) is 11.3 Å². The van der Waals surface area contributed by atoms with Gasteiger partial charge in [-0.25, -0.2) is 4.98 Å². The van der Waals surface area contributed by atoms with Crippen molar-refractivity contribution in [3.63, 3.8) is 0 Å². The minimum atomic E-state index is -0.352. The van der Waals surface area contributed by atoms with Crippen LogP contribution in [-0.4, -0.2) is 35.4 Å². The highest BCUT2D eigenvalue weighted by Crippen LogP contribution is 2.41. The number of nitrogens with zero attached hydrogens (tertiary/aromatic N) is 2. The van der Waals surface area contributed by atoms with Crippen molar-refractivity contribution >= 4 is 28.3 Å². The molecule has 1 saturated heterocycles. The van der Waals surface area contributed by atoms with Crippen molar-refractivity contribution in [1.82, 2.24) is 9.88 Å². The zero-order valence-electron chi connectivity index (χ0n) is 16.6. The minimum Gasteiger partial charge on any atom is -0.496 e. The first-order chi connectivity index (χ1) is 13.5. The van der Waals surface area contributed by atoms with E-state index in [0.29, 0.717) is 30.3 Å². The number of aryl methyl sites for hydroxylation is 1. The predicted molar refractivity (Wildman–Crippen MR) is 111 cm³/mol. The molecule has 3 rings (SSSR count). The molecule has 0 spiro atoms. The summed E-state index contributed by atoms with van der Waals surface area (Å²) in [6.45, 7) is 4.69. The number of aromatic nitrogens is 1. The molecular weight excluding hydrogens is 374 g/mol. The summed E-state index contributed by atoms with van der Waals surface area (Å²) in [5.41, 5.74) is 0.879. The Hall–Kier alpha value is -2.41. The van der Waals surface area contributed by atoms with E-state index < -0.39 is 0 Å². The summed E-state index contributed by atoms with van der Waals surface area (Å²) < 4.78 is 5.56. The molecule has 0 aliphatic carbocycles. The van der Waals surface area contributed by atoms with Gasteiger partial charge in [-0.2, -0.15) is 0 Å². The van der Waals surface area contributed by atoms with E-state index in [1.54, 1.807) is 13.3 Å². The van der Waals surface area contributed by atoms with Crippen molar-refractivity contribution in [2.75, 3.05) is 19.0 Å². The third-order valence-electron chi connectivity index (χ3n) is 5.10. The predicted octanol–water partition coefficient (Wildman–Crippen LogP) is 4.18. The molecule has 1 aliphatic rings. The van der Waals surface area contributed by atoms with Gasteiger partial charge in [-0.1, -0.05) is 31.5 Å². The molecule has 0 radical (unpaired) electrons. The van der Waals surface area contributed by atoms with Crippen LogP contribution < -0.4 is 10.1 Å². The van der Waals surface area contributed by atoms with Gasteiger partial charge in [0.05, 0.1) is 19.1 Å². The zero-order valence-corrected chi connectivity index (χ0v) is 17.4. The molecule has 2 heterocycles. The number of thiazole rings is 1. The first-order valence-corrected chi connectivity index (χ1v) is 10.5. The number of rotatable bonds is 7. The lowest BCUT2D eigenvalue weighted by molar-refractivity contribution is -0.142. The molecule has 1 aromatic carbocycles. The van der Waals surface area contributed by atoms with E-state index in [2.05, 4.69) is 17.2 Å². The van der Waals surface area contributed by atoms with Gasteiger partial charge in [0.1, 0.15) is 5.75 Å². The lowest BCUT2D eigenvalue weighted by Gasteiger charge is -2.41. The van der Waals surface area contributed by atoms with Crippen LogP contribution in [0.3, 0.4) is 0 Å². The quantitative estimate of drug-likeness (QED) is 0.755. The molecule has 2 unspecified atom stereocenters. The third kappa shape index (κ3) is 4.35. The van der Waals surface area contributed by atoms with Gasteiger partial charge in [0.15, 0.2) is 5.13 Å². The fourth-order valence-corrected chi connectivity index (χ4v) is 4.39. The smallest absolute Gasteiger partial charge is 0.231 e. The number of amides is 2. The summed E-state index contributed by atoms with van der Waals surface area (Å²) in [4.78, 5) is 33.1. The van der Waals surface area contributed by atoms with Crippen LogP contribution in [0.1, 0.15) is 49.1 Å². The first-order valence-electron chi connectivity index (χ1n) is 9.70. The minimum absolute atomic E-state index is 0.0958. The molecule has 28 heavy (non-hydrogen) atoms. The Balaban J connectivity index is 1.95. The average molecular weight is 402 g/mol. The Kier molecular flexibility index (Phi) is 6.67. The Morgan fingerprint density at radius 1 is 1.39 bits per heavy atom. The molecule has 1 fully saturated rings. The van der Waals surface area contributed by atoms with Gasteiger partial charge in [0, 0.05) is 29.6 Å². The van der Waals surface area contributed by atoms with Crippen molar-refractivity contribution in [2.45, 2.75) is 45.6 Å². The number of nitrogens with one attached hydrogen (secondary N) is 1. The van der Waals surface area contributed by atoms with Crippen LogP contribution in [0.5, 0.6) is 5.75 Å². The first kappa shape index (κ1) is 20.3. The molecule has 0 bridgehead atoms. The molecule has 6 nitrogen and oxygen atoms in total. The number of likely N-dealkylation sites (tertiary alicyclic amines) is 1. The fourth-order valence-electron chi connectivity index (χ4n) is 3.73. The van der Waals surface area contributed by atoms with E-state index in [9.17, 15) is 9.59 Å². The molecular formula is C21H27N3O3S. The van der Waals surface area contributed by atoms with Crippen LogP contribution in [0, 0.1) is 12.8 Å². The number of hydrogen-bond donors (Lipinski definition) is 1. The van der Waals surface area contributed by atoms with Gasteiger partial charge in [-0.3, -0.25) is 9.59 Å². The number of hydrogen-bond acceptors (Lipinski definition) is 5. The summed E-state index contributed by atoms with van der Waals surface area (Å²) in [5, 5.41) is 3.55. The Labute approximate surface area is 169 Å². The Morgan fingerprint density at radius 2 is 2.18 bits per heavy atom. The van der Waals surface area contributed by atoms with E-state index in [0.717, 1.165) is 23.3 Å². The maximum Gasteiger partial charge on any atom is 0.231 e. The highest BCUT2D eigenvalue weighted by atomic mass is 32.1. The molecule has 0 saturated carbocycles. The van der Waals surface area contributed by atoms with E-state index in [1.807, 2.05) is 36.1 Å². The van der Waals surface area contributed by atoms with Crippen LogP contribution in [0.4, 0.5) is 5.13 Å². The van der Waals surface area contributed by atoms with Crippen molar-refractivity contribution in [3.05, 3.63) is 40.9 Å². The van der Waals surface area contributed by atoms with Crippen molar-refractivity contribution in [2.24, 2.45) is 5.92 Å². The Bertz CT molecular complexity index is 836. The summed E-state index contributed by atoms with van der Waals surface area (Å²) in [6.07, 6.45) is 4.52. The SMILES string of the molecule is CCCCN1C(=O)CCC(C(=O)Nc2ncc(C)s2)C1c1ccccc1OC. The van der Waals surface area contributed by atoms with Gasteiger partial charge in [0.2, 0.25) is 11.8 Å². The van der Waals surface area contributed by atoms with Crippen molar-refractivity contribution < 1.29 is 14.3 Å². The molecule has 2 atom stereocenters. The molecule has 1 N–H and O–H groups in total. The van der Waals surface area contributed by atoms with Crippen LogP contribution in [-0.2, 0) is 9.59 Å². The molecule has 2 amide bonds. The zero-order chi connectivity index (χ0) is 20.1. The number of para-hydroxylation sites is 1. The van der Waals surface area contributed by atoms with Crippen molar-refractivity contribution in [3.8, 4) is 5.75 Å². The average Bonchev–Trinajstić information content (AvgIpc) is 3.11. The number of piperidine rings is 1. The molecule has 2 aromatic rings. The van der Waals surface area contributed by atoms with E-state index >= 15 is 0 Å². The number of anilines is 1. The maximum absolute atomic E-state index is 13.2. The number of unbranched alkanes of at least 4 members (excludes halogenated alkanes) is 1. The topological polar surface area (TPSA) is 71.5 Å². The van der Waals surface area contributed by atoms with Gasteiger partial charge in [-0.05, 0) is 25.8 Å². The lowest BCUT2D eigenvalue weighted by atomic mass is 9.83. The fraction of sp³-hybridized carbons (Fsp3) is 0.476. The summed E-state index contributed by atoms with van der Waals surface area (Å²) in [7, 11) is 1.62.